The van der Waals surface area contributed by atoms with Crippen LogP contribution in [0.3, 0.4) is 0 Å². The molecular weight excluding hydrogens is 306 g/mol. The average molecular weight is 333 g/mol. The van der Waals surface area contributed by atoms with E-state index in [-0.39, 0.29) is 6.04 Å². The molecule has 2 atom stereocenters. The highest BCUT2D eigenvalue weighted by atomic mass is 16.5. The highest BCUT2D eigenvalue weighted by Crippen LogP contribution is 2.26. The molecule has 5 heteroatoms. The molecule has 0 radical (unpaired) electrons. The van der Waals surface area contributed by atoms with Crippen LogP contribution in [-0.4, -0.2) is 25.9 Å². The van der Waals surface area contributed by atoms with E-state index >= 15 is 0 Å². The predicted molar refractivity (Wildman–Crippen MR) is 93.1 cm³/mol. The Labute approximate surface area is 143 Å². The Morgan fingerprint density at radius 1 is 1.25 bits per heavy atom. The van der Waals surface area contributed by atoms with E-state index in [2.05, 4.69) is 18.3 Å². The van der Waals surface area contributed by atoms with Gasteiger partial charge in [-0.1, -0.05) is 6.07 Å². The minimum atomic E-state index is -1.07. The molecule has 0 aliphatic rings. The van der Waals surface area contributed by atoms with Crippen molar-refractivity contribution in [2.24, 2.45) is 0 Å². The Hall–Kier alpha value is -1.82. The number of rotatable bonds is 8. The monoisotopic (exact) mass is 333 g/mol. The fourth-order valence-corrected chi connectivity index (χ4v) is 2.62. The summed E-state index contributed by atoms with van der Waals surface area (Å²) in [5.41, 5.74) is 1.04. The third-order valence-electron chi connectivity index (χ3n) is 4.13. The SMILES string of the molecule is COCc1cc(C(C)NCC(C)(O)c2ccc(C)o2)ccc1OC. The van der Waals surface area contributed by atoms with Gasteiger partial charge in [-0.3, -0.25) is 0 Å². The lowest BCUT2D eigenvalue weighted by Gasteiger charge is -2.24. The Bertz CT molecular complexity index is 663. The maximum atomic E-state index is 10.6. The van der Waals surface area contributed by atoms with E-state index in [9.17, 15) is 5.11 Å². The van der Waals surface area contributed by atoms with Crippen LogP contribution in [0.25, 0.3) is 0 Å². The Morgan fingerprint density at radius 2 is 2.00 bits per heavy atom. The number of nitrogens with one attached hydrogen (secondary N) is 1. The van der Waals surface area contributed by atoms with Gasteiger partial charge in [-0.25, -0.2) is 0 Å². The molecular formula is C19H27NO4. The minimum absolute atomic E-state index is 0.0639. The van der Waals surface area contributed by atoms with Crippen molar-refractivity contribution in [1.29, 1.82) is 0 Å². The summed E-state index contributed by atoms with van der Waals surface area (Å²) in [5, 5.41) is 14.0. The summed E-state index contributed by atoms with van der Waals surface area (Å²) in [5.74, 6) is 2.16. The van der Waals surface area contributed by atoms with Gasteiger partial charge in [-0.2, -0.15) is 0 Å². The summed E-state index contributed by atoms with van der Waals surface area (Å²) in [6.45, 7) is 6.54. The van der Waals surface area contributed by atoms with Crippen LogP contribution in [0, 0.1) is 6.92 Å². The van der Waals surface area contributed by atoms with Crippen molar-refractivity contribution in [2.75, 3.05) is 20.8 Å². The average Bonchev–Trinajstić information content (AvgIpc) is 3.00. The van der Waals surface area contributed by atoms with E-state index in [4.69, 9.17) is 13.9 Å². The second-order valence-corrected chi connectivity index (χ2v) is 6.29. The van der Waals surface area contributed by atoms with E-state index in [0.29, 0.717) is 18.9 Å². The number of benzene rings is 1. The van der Waals surface area contributed by atoms with Crippen molar-refractivity contribution in [1.82, 2.24) is 5.32 Å². The summed E-state index contributed by atoms with van der Waals surface area (Å²) in [6, 6.07) is 9.75. The standard InChI is InChI=1S/C19H27NO4/c1-13-6-9-18(24-13)19(3,21)12-20-14(2)15-7-8-17(23-5)16(10-15)11-22-4/h6-10,14,20-21H,11-12H2,1-5H3. The summed E-state index contributed by atoms with van der Waals surface area (Å²) in [7, 11) is 3.31. The highest BCUT2D eigenvalue weighted by Gasteiger charge is 2.27. The van der Waals surface area contributed by atoms with Crippen LogP contribution < -0.4 is 10.1 Å². The zero-order valence-electron chi connectivity index (χ0n) is 15.1. The molecule has 1 aromatic heterocycles. The maximum Gasteiger partial charge on any atom is 0.136 e. The van der Waals surface area contributed by atoms with Crippen molar-refractivity contribution >= 4 is 0 Å². The number of hydrogen-bond donors (Lipinski definition) is 2. The molecule has 0 saturated carbocycles. The zero-order valence-corrected chi connectivity index (χ0v) is 15.1. The van der Waals surface area contributed by atoms with Crippen LogP contribution in [0.4, 0.5) is 0 Å². The van der Waals surface area contributed by atoms with Gasteiger partial charge in [0.15, 0.2) is 0 Å². The first-order valence-electron chi connectivity index (χ1n) is 8.06. The molecule has 2 rings (SSSR count). The van der Waals surface area contributed by atoms with Crippen molar-refractivity contribution in [3.63, 3.8) is 0 Å². The van der Waals surface area contributed by atoms with Crippen LogP contribution in [0.1, 0.15) is 42.5 Å². The molecule has 2 aromatic rings. The van der Waals surface area contributed by atoms with Crippen molar-refractivity contribution in [2.45, 2.75) is 39.0 Å². The van der Waals surface area contributed by atoms with Gasteiger partial charge in [0.25, 0.3) is 0 Å². The Kier molecular flexibility index (Phi) is 6.04. The lowest BCUT2D eigenvalue weighted by atomic mass is 10.0. The molecule has 1 heterocycles. The number of aryl methyl sites for hydroxylation is 1. The van der Waals surface area contributed by atoms with Crippen LogP contribution in [-0.2, 0) is 16.9 Å². The summed E-state index contributed by atoms with van der Waals surface area (Å²) in [4.78, 5) is 0. The van der Waals surface area contributed by atoms with E-state index in [1.807, 2.05) is 31.2 Å². The highest BCUT2D eigenvalue weighted by molar-refractivity contribution is 5.38. The second-order valence-electron chi connectivity index (χ2n) is 6.29. The molecule has 132 valence electrons. The number of methoxy groups -OCH3 is 2. The van der Waals surface area contributed by atoms with Gasteiger partial charge in [-0.15, -0.1) is 0 Å². The van der Waals surface area contributed by atoms with Crippen molar-refractivity contribution < 1.29 is 19.0 Å². The number of furan rings is 1. The van der Waals surface area contributed by atoms with Crippen LogP contribution in [0.2, 0.25) is 0 Å². The first-order valence-corrected chi connectivity index (χ1v) is 8.06. The van der Waals surface area contributed by atoms with Gasteiger partial charge in [-0.05, 0) is 50.6 Å². The van der Waals surface area contributed by atoms with Gasteiger partial charge < -0.3 is 24.3 Å². The molecule has 0 spiro atoms. The second kappa shape index (κ2) is 7.83. The number of hydrogen-bond acceptors (Lipinski definition) is 5. The Balaban J connectivity index is 2.06. The first kappa shape index (κ1) is 18.5. The molecule has 0 bridgehead atoms. The van der Waals surface area contributed by atoms with Gasteiger partial charge in [0, 0.05) is 25.3 Å². The molecule has 0 aliphatic carbocycles. The molecule has 0 aliphatic heterocycles. The van der Waals surface area contributed by atoms with Crippen LogP contribution in [0.15, 0.2) is 34.7 Å². The lowest BCUT2D eigenvalue weighted by Crippen LogP contribution is -2.36. The van der Waals surface area contributed by atoms with E-state index in [1.165, 1.54) is 0 Å². The van der Waals surface area contributed by atoms with Gasteiger partial charge in [0.1, 0.15) is 22.9 Å². The van der Waals surface area contributed by atoms with Gasteiger partial charge in [0.2, 0.25) is 0 Å². The Morgan fingerprint density at radius 3 is 2.58 bits per heavy atom. The van der Waals surface area contributed by atoms with Crippen molar-refractivity contribution in [3.05, 3.63) is 53.0 Å². The molecule has 1 aromatic carbocycles. The van der Waals surface area contributed by atoms with Gasteiger partial charge in [0.05, 0.1) is 13.7 Å². The normalized spacial score (nSPS) is 15.1. The van der Waals surface area contributed by atoms with Crippen LogP contribution in [0.5, 0.6) is 5.75 Å². The molecule has 0 amide bonds. The van der Waals surface area contributed by atoms with E-state index in [1.54, 1.807) is 21.1 Å². The van der Waals surface area contributed by atoms with Gasteiger partial charge >= 0.3 is 0 Å². The first-order chi connectivity index (χ1) is 11.4. The van der Waals surface area contributed by atoms with E-state index < -0.39 is 5.60 Å². The fourth-order valence-electron chi connectivity index (χ4n) is 2.62. The molecule has 24 heavy (non-hydrogen) atoms. The third-order valence-corrected chi connectivity index (χ3v) is 4.13. The molecule has 2 N–H and O–H groups in total. The smallest absolute Gasteiger partial charge is 0.136 e. The molecule has 2 unspecified atom stereocenters. The zero-order chi connectivity index (χ0) is 17.7. The molecule has 0 fully saturated rings. The topological polar surface area (TPSA) is 63.9 Å². The predicted octanol–water partition coefficient (Wildman–Crippen LogP) is 3.30. The van der Waals surface area contributed by atoms with E-state index in [0.717, 1.165) is 22.6 Å². The summed E-state index contributed by atoms with van der Waals surface area (Å²) >= 11 is 0. The fraction of sp³-hybridized carbons (Fsp3) is 0.474. The lowest BCUT2D eigenvalue weighted by molar-refractivity contribution is 0.0313. The molecule has 5 nitrogen and oxygen atoms in total. The number of aliphatic hydroxyl groups is 1. The number of ether oxygens (including phenoxy) is 2. The molecule has 0 saturated heterocycles. The largest absolute Gasteiger partial charge is 0.496 e. The summed E-state index contributed by atoms with van der Waals surface area (Å²) in [6.07, 6.45) is 0. The summed E-state index contributed by atoms with van der Waals surface area (Å²) < 4.78 is 16.1. The van der Waals surface area contributed by atoms with Crippen molar-refractivity contribution in [3.8, 4) is 5.75 Å². The third kappa shape index (κ3) is 4.38. The maximum absolute atomic E-state index is 10.6. The quantitative estimate of drug-likeness (QED) is 0.776. The van der Waals surface area contributed by atoms with Crippen LogP contribution >= 0.6 is 0 Å². The minimum Gasteiger partial charge on any atom is -0.496 e.